The largest absolute Gasteiger partial charge is 0.493 e. The van der Waals surface area contributed by atoms with E-state index in [-0.39, 0.29) is 0 Å². The molecule has 96 valence electrons. The van der Waals surface area contributed by atoms with Gasteiger partial charge in [0.05, 0.1) is 6.61 Å². The van der Waals surface area contributed by atoms with Crippen molar-refractivity contribution in [2.45, 2.75) is 26.7 Å². The van der Waals surface area contributed by atoms with Gasteiger partial charge in [-0.2, -0.15) is 0 Å². The highest BCUT2D eigenvalue weighted by Crippen LogP contribution is 2.16. The van der Waals surface area contributed by atoms with E-state index in [1.54, 1.807) is 0 Å². The van der Waals surface area contributed by atoms with Gasteiger partial charge in [-0.05, 0) is 49.6 Å². The molecule has 0 atom stereocenters. The number of anilines is 1. The van der Waals surface area contributed by atoms with E-state index in [1.807, 2.05) is 12.1 Å². The van der Waals surface area contributed by atoms with E-state index in [2.05, 4.69) is 31.3 Å². The summed E-state index contributed by atoms with van der Waals surface area (Å²) in [6, 6.07) is 8.12. The zero-order valence-corrected chi connectivity index (χ0v) is 10.9. The summed E-state index contributed by atoms with van der Waals surface area (Å²) in [7, 11) is 0. The summed E-state index contributed by atoms with van der Waals surface area (Å²) < 4.78 is 5.62. The maximum atomic E-state index is 5.62. The summed E-state index contributed by atoms with van der Waals surface area (Å²) in [5.41, 5.74) is 6.58. The number of ether oxygens (including phenoxy) is 1. The number of benzene rings is 1. The normalized spacial score (nSPS) is 10.6. The second-order valence-corrected chi connectivity index (χ2v) is 4.65. The fourth-order valence-electron chi connectivity index (χ4n) is 1.43. The van der Waals surface area contributed by atoms with E-state index in [1.165, 1.54) is 0 Å². The van der Waals surface area contributed by atoms with Gasteiger partial charge >= 0.3 is 0 Å². The van der Waals surface area contributed by atoms with Crippen molar-refractivity contribution in [3.63, 3.8) is 0 Å². The van der Waals surface area contributed by atoms with Crippen LogP contribution >= 0.6 is 0 Å². The maximum Gasteiger partial charge on any atom is 0.119 e. The first-order chi connectivity index (χ1) is 8.22. The first-order valence-electron chi connectivity index (χ1n) is 6.39. The quantitative estimate of drug-likeness (QED) is 0.682. The van der Waals surface area contributed by atoms with Gasteiger partial charge in [-0.3, -0.25) is 0 Å². The minimum absolute atomic E-state index is 0.559. The number of hydrogen-bond donors (Lipinski definition) is 2. The zero-order chi connectivity index (χ0) is 12.5. The summed E-state index contributed by atoms with van der Waals surface area (Å²) in [4.78, 5) is 0. The van der Waals surface area contributed by atoms with Crippen molar-refractivity contribution in [3.05, 3.63) is 24.3 Å². The van der Waals surface area contributed by atoms with Gasteiger partial charge in [0.1, 0.15) is 5.75 Å². The monoisotopic (exact) mass is 236 g/mol. The van der Waals surface area contributed by atoms with Crippen LogP contribution < -0.4 is 15.8 Å². The highest BCUT2D eigenvalue weighted by atomic mass is 16.5. The Bertz CT molecular complexity index is 296. The smallest absolute Gasteiger partial charge is 0.119 e. The third-order valence-corrected chi connectivity index (χ3v) is 2.40. The highest BCUT2D eigenvalue weighted by Gasteiger charge is 1.97. The Hall–Kier alpha value is -1.22. The Labute approximate surface area is 104 Å². The van der Waals surface area contributed by atoms with Crippen LogP contribution in [0.15, 0.2) is 24.3 Å². The van der Waals surface area contributed by atoms with Crippen LogP contribution in [0, 0.1) is 5.92 Å². The molecule has 1 rings (SSSR count). The molecule has 0 unspecified atom stereocenters. The Balaban J connectivity index is 2.29. The number of rotatable bonds is 8. The van der Waals surface area contributed by atoms with Crippen molar-refractivity contribution in [3.8, 4) is 5.75 Å². The Morgan fingerprint density at radius 3 is 2.47 bits per heavy atom. The van der Waals surface area contributed by atoms with Gasteiger partial charge in [-0.15, -0.1) is 0 Å². The molecule has 17 heavy (non-hydrogen) atoms. The molecule has 3 heteroatoms. The molecule has 1 aromatic rings. The van der Waals surface area contributed by atoms with Gasteiger partial charge in [0.15, 0.2) is 0 Å². The number of hydrogen-bond acceptors (Lipinski definition) is 3. The summed E-state index contributed by atoms with van der Waals surface area (Å²) in [6.07, 6.45) is 2.19. The molecule has 0 fully saturated rings. The fourth-order valence-corrected chi connectivity index (χ4v) is 1.43. The molecule has 0 spiro atoms. The average Bonchev–Trinajstić information content (AvgIpc) is 2.33. The molecule has 1 aromatic carbocycles. The van der Waals surface area contributed by atoms with Gasteiger partial charge in [0.2, 0.25) is 0 Å². The van der Waals surface area contributed by atoms with Gasteiger partial charge in [-0.1, -0.05) is 13.8 Å². The highest BCUT2D eigenvalue weighted by molar-refractivity contribution is 5.46. The zero-order valence-electron chi connectivity index (χ0n) is 10.9. The van der Waals surface area contributed by atoms with E-state index >= 15 is 0 Å². The predicted molar refractivity (Wildman–Crippen MR) is 73.6 cm³/mol. The lowest BCUT2D eigenvalue weighted by atomic mass is 10.2. The molecule has 0 aliphatic rings. The van der Waals surface area contributed by atoms with Crippen LogP contribution in [-0.2, 0) is 0 Å². The first-order valence-corrected chi connectivity index (χ1v) is 6.39. The van der Waals surface area contributed by atoms with Crippen LogP contribution in [0.1, 0.15) is 26.7 Å². The van der Waals surface area contributed by atoms with Gasteiger partial charge in [-0.25, -0.2) is 0 Å². The first kappa shape index (κ1) is 13.8. The van der Waals surface area contributed by atoms with Gasteiger partial charge in [0.25, 0.3) is 0 Å². The molecular formula is C14H24N2O. The molecule has 0 aromatic heterocycles. The second kappa shape index (κ2) is 7.96. The molecular weight excluding hydrogens is 212 g/mol. The lowest BCUT2D eigenvalue weighted by molar-refractivity contribution is 0.271. The molecule has 0 bridgehead atoms. The summed E-state index contributed by atoms with van der Waals surface area (Å²) >= 11 is 0. The predicted octanol–water partition coefficient (Wildman–Crippen LogP) is 2.87. The number of nitrogens with two attached hydrogens (primary N) is 1. The average molecular weight is 236 g/mol. The van der Waals surface area contributed by atoms with Crippen molar-refractivity contribution in [1.29, 1.82) is 0 Å². The second-order valence-electron chi connectivity index (χ2n) is 4.65. The molecule has 0 heterocycles. The van der Waals surface area contributed by atoms with Gasteiger partial charge < -0.3 is 15.8 Å². The summed E-state index contributed by atoms with van der Waals surface area (Å²) in [6.45, 7) is 6.80. The maximum absolute atomic E-state index is 5.62. The number of nitrogens with one attached hydrogen (secondary N) is 1. The molecule has 3 nitrogen and oxygen atoms in total. The van der Waals surface area contributed by atoms with Crippen molar-refractivity contribution in [2.75, 3.05) is 25.0 Å². The number of unbranched alkanes of at least 4 members (excludes halogenated alkanes) is 1. The minimum atomic E-state index is 0.559. The standard InChI is InChI=1S/C14H24N2O/c1-12(2)11-17-14-7-5-13(6-8-14)16-10-4-3-9-15/h5-8,12,16H,3-4,9-11,15H2,1-2H3. The van der Waals surface area contributed by atoms with Gasteiger partial charge in [0, 0.05) is 12.2 Å². The van der Waals surface area contributed by atoms with E-state index in [4.69, 9.17) is 10.5 Å². The summed E-state index contributed by atoms with van der Waals surface area (Å²) in [5, 5.41) is 3.36. The lowest BCUT2D eigenvalue weighted by Crippen LogP contribution is -2.06. The van der Waals surface area contributed by atoms with Crippen LogP contribution in [0.4, 0.5) is 5.69 Å². The summed E-state index contributed by atoms with van der Waals surface area (Å²) in [5.74, 6) is 1.50. The van der Waals surface area contributed by atoms with E-state index < -0.39 is 0 Å². The van der Waals surface area contributed by atoms with Crippen molar-refractivity contribution in [1.82, 2.24) is 0 Å². The lowest BCUT2D eigenvalue weighted by Gasteiger charge is -2.10. The van der Waals surface area contributed by atoms with Crippen molar-refractivity contribution in [2.24, 2.45) is 11.7 Å². The SMILES string of the molecule is CC(C)COc1ccc(NCCCCN)cc1. The van der Waals surface area contributed by atoms with E-state index in [9.17, 15) is 0 Å². The molecule has 0 aliphatic heterocycles. The third-order valence-electron chi connectivity index (χ3n) is 2.40. The molecule has 0 saturated heterocycles. The topological polar surface area (TPSA) is 47.3 Å². The van der Waals surface area contributed by atoms with Crippen LogP contribution in [0.5, 0.6) is 5.75 Å². The van der Waals surface area contributed by atoms with Crippen LogP contribution in [0.25, 0.3) is 0 Å². The third kappa shape index (κ3) is 6.17. The Kier molecular flexibility index (Phi) is 6.48. The van der Waals surface area contributed by atoms with Crippen LogP contribution in [0.3, 0.4) is 0 Å². The molecule has 0 saturated carbocycles. The Morgan fingerprint density at radius 2 is 1.88 bits per heavy atom. The van der Waals surface area contributed by atoms with Crippen molar-refractivity contribution >= 4 is 5.69 Å². The molecule has 3 N–H and O–H groups in total. The van der Waals surface area contributed by atoms with Crippen LogP contribution in [-0.4, -0.2) is 19.7 Å². The molecule has 0 amide bonds. The van der Waals surface area contributed by atoms with Crippen molar-refractivity contribution < 1.29 is 4.74 Å². The fraction of sp³-hybridized carbons (Fsp3) is 0.571. The van der Waals surface area contributed by atoms with Crippen LogP contribution in [0.2, 0.25) is 0 Å². The van der Waals surface area contributed by atoms with E-state index in [0.29, 0.717) is 5.92 Å². The molecule has 0 aliphatic carbocycles. The van der Waals surface area contributed by atoms with E-state index in [0.717, 1.165) is 44.0 Å². The molecule has 0 radical (unpaired) electrons. The minimum Gasteiger partial charge on any atom is -0.493 e. The Morgan fingerprint density at radius 1 is 1.18 bits per heavy atom.